The van der Waals surface area contributed by atoms with Crippen molar-refractivity contribution in [2.24, 2.45) is 0 Å². The van der Waals surface area contributed by atoms with E-state index in [0.29, 0.717) is 0 Å². The fourth-order valence-electron chi connectivity index (χ4n) is 6.14. The normalized spacial score (nSPS) is 14.9. The van der Waals surface area contributed by atoms with Crippen molar-refractivity contribution in [3.05, 3.63) is 187 Å². The van der Waals surface area contributed by atoms with Gasteiger partial charge in [0.25, 0.3) is 0 Å². The van der Waals surface area contributed by atoms with Gasteiger partial charge in [-0.1, -0.05) is 158 Å². The summed E-state index contributed by atoms with van der Waals surface area (Å²) in [5, 5.41) is 4.95. The second-order valence-electron chi connectivity index (χ2n) is 10.5. The van der Waals surface area contributed by atoms with Gasteiger partial charge < -0.3 is 4.57 Å². The molecule has 41 heavy (non-hydrogen) atoms. The van der Waals surface area contributed by atoms with Crippen LogP contribution in [0.4, 0.5) is 0 Å². The van der Waals surface area contributed by atoms with E-state index < -0.39 is 7.14 Å². The summed E-state index contributed by atoms with van der Waals surface area (Å²) in [6, 6.07) is 51.6. The summed E-state index contributed by atoms with van der Waals surface area (Å²) in [6.07, 6.45) is 2.35. The Bertz CT molecular complexity index is 1930. The van der Waals surface area contributed by atoms with Gasteiger partial charge in [0.05, 0.1) is 0 Å². The third kappa shape index (κ3) is 4.31. The molecule has 0 radical (unpaired) electrons. The van der Waals surface area contributed by atoms with E-state index in [2.05, 4.69) is 91.5 Å². The topological polar surface area (TPSA) is 17.1 Å². The van der Waals surface area contributed by atoms with Crippen molar-refractivity contribution < 1.29 is 4.57 Å². The molecule has 0 saturated carbocycles. The monoisotopic (exact) mass is 544 g/mol. The maximum Gasteiger partial charge on any atom is 0.171 e. The Morgan fingerprint density at radius 2 is 1.15 bits per heavy atom. The summed E-state index contributed by atoms with van der Waals surface area (Å²) >= 11 is 0. The van der Waals surface area contributed by atoms with Crippen LogP contribution in [0.15, 0.2) is 164 Å². The fourth-order valence-corrected chi connectivity index (χ4v) is 8.85. The van der Waals surface area contributed by atoms with Crippen LogP contribution in [-0.4, -0.2) is 0 Å². The number of hydrogen-bond donors (Lipinski definition) is 0. The molecule has 0 saturated heterocycles. The smallest absolute Gasteiger partial charge is 0.171 e. The van der Waals surface area contributed by atoms with Crippen molar-refractivity contribution in [2.45, 2.75) is 5.92 Å². The Morgan fingerprint density at radius 3 is 1.83 bits per heavy atom. The lowest BCUT2D eigenvalue weighted by Gasteiger charge is -2.29. The average Bonchev–Trinajstić information content (AvgIpc) is 3.05. The summed E-state index contributed by atoms with van der Waals surface area (Å²) in [7, 11) is -3.10. The average molecular weight is 545 g/mol. The lowest BCUT2D eigenvalue weighted by molar-refractivity contribution is 0.592. The Morgan fingerprint density at radius 1 is 0.561 bits per heavy atom. The molecule has 1 unspecified atom stereocenters. The highest BCUT2D eigenvalue weighted by Crippen LogP contribution is 2.48. The molecule has 6 aromatic carbocycles. The van der Waals surface area contributed by atoms with Crippen LogP contribution in [0, 0.1) is 0 Å². The van der Waals surface area contributed by atoms with E-state index in [-0.39, 0.29) is 5.92 Å². The quantitative estimate of drug-likeness (QED) is 0.198. The van der Waals surface area contributed by atoms with Crippen molar-refractivity contribution >= 4 is 45.0 Å². The van der Waals surface area contributed by atoms with E-state index in [1.54, 1.807) is 0 Å². The minimum absolute atomic E-state index is 0.0567. The van der Waals surface area contributed by atoms with Crippen LogP contribution in [-0.2, 0) is 4.57 Å². The highest BCUT2D eigenvalue weighted by Gasteiger charge is 2.32. The van der Waals surface area contributed by atoms with Crippen molar-refractivity contribution in [3.8, 4) is 0 Å². The molecule has 1 atom stereocenters. The highest BCUT2D eigenvalue weighted by atomic mass is 31.2. The van der Waals surface area contributed by atoms with Gasteiger partial charge in [0.2, 0.25) is 0 Å². The van der Waals surface area contributed by atoms with Gasteiger partial charge in [-0.15, -0.1) is 0 Å². The van der Waals surface area contributed by atoms with Gasteiger partial charge in [0.15, 0.2) is 7.14 Å². The van der Waals surface area contributed by atoms with Gasteiger partial charge in [-0.2, -0.15) is 0 Å². The SMILES string of the molecule is C=C1c2ccc3ccccc3c2C(c2ccccc2)=CC1c1cccc(P(=O)(c2ccccc2)c2ccccc2)c1. The molecule has 196 valence electrons. The van der Waals surface area contributed by atoms with E-state index in [0.717, 1.165) is 32.6 Å². The molecule has 0 amide bonds. The van der Waals surface area contributed by atoms with Crippen molar-refractivity contribution in [3.63, 3.8) is 0 Å². The van der Waals surface area contributed by atoms with Gasteiger partial charge >= 0.3 is 0 Å². The summed E-state index contributed by atoms with van der Waals surface area (Å²) in [6.45, 7) is 4.64. The third-order valence-electron chi connectivity index (χ3n) is 8.17. The van der Waals surface area contributed by atoms with Gasteiger partial charge in [0.1, 0.15) is 0 Å². The van der Waals surface area contributed by atoms with Crippen molar-refractivity contribution in [1.29, 1.82) is 0 Å². The predicted octanol–water partition coefficient (Wildman–Crippen LogP) is 8.72. The Hall–Kier alpha value is -4.71. The lowest BCUT2D eigenvalue weighted by Crippen LogP contribution is -2.25. The molecule has 1 aliphatic carbocycles. The zero-order valence-electron chi connectivity index (χ0n) is 22.7. The van der Waals surface area contributed by atoms with Gasteiger partial charge in [0, 0.05) is 21.8 Å². The van der Waals surface area contributed by atoms with E-state index in [1.165, 1.54) is 27.5 Å². The van der Waals surface area contributed by atoms with Crippen LogP contribution < -0.4 is 15.9 Å². The van der Waals surface area contributed by atoms with Crippen LogP contribution in [0.25, 0.3) is 21.9 Å². The molecule has 0 spiro atoms. The molecule has 0 aromatic heterocycles. The first-order valence-corrected chi connectivity index (χ1v) is 15.7. The summed E-state index contributed by atoms with van der Waals surface area (Å²) in [4.78, 5) is 0. The van der Waals surface area contributed by atoms with Crippen LogP contribution >= 0.6 is 7.14 Å². The van der Waals surface area contributed by atoms with Crippen LogP contribution in [0.3, 0.4) is 0 Å². The molecule has 0 fully saturated rings. The molecule has 7 rings (SSSR count). The largest absolute Gasteiger partial charge is 0.309 e. The minimum Gasteiger partial charge on any atom is -0.309 e. The van der Waals surface area contributed by atoms with Gasteiger partial charge in [-0.05, 0) is 50.2 Å². The van der Waals surface area contributed by atoms with Crippen LogP contribution in [0.5, 0.6) is 0 Å². The number of allylic oxidation sites excluding steroid dienone is 2. The molecule has 0 bridgehead atoms. The third-order valence-corrected chi connectivity index (χ3v) is 11.2. The summed E-state index contributed by atoms with van der Waals surface area (Å²) < 4.78 is 15.1. The summed E-state index contributed by atoms with van der Waals surface area (Å²) in [5.41, 5.74) is 6.91. The van der Waals surface area contributed by atoms with E-state index in [9.17, 15) is 0 Å². The number of hydrogen-bond acceptors (Lipinski definition) is 1. The molecule has 1 aliphatic rings. The van der Waals surface area contributed by atoms with Gasteiger partial charge in [-0.25, -0.2) is 0 Å². The molecule has 2 heteroatoms. The number of fused-ring (bicyclic) bond motifs is 3. The van der Waals surface area contributed by atoms with E-state index in [1.807, 2.05) is 72.8 Å². The Labute approximate surface area is 241 Å². The first kappa shape index (κ1) is 25.3. The molecule has 6 aromatic rings. The first-order valence-electron chi connectivity index (χ1n) is 13.9. The molecular weight excluding hydrogens is 515 g/mol. The lowest BCUT2D eigenvalue weighted by atomic mass is 9.75. The molecular formula is C39H29OP. The molecule has 0 heterocycles. The summed E-state index contributed by atoms with van der Waals surface area (Å²) in [5.74, 6) is -0.0567. The fraction of sp³-hybridized carbons (Fsp3) is 0.0256. The number of rotatable bonds is 5. The standard InChI is InChI=1S/C39H29OP/c1-28-35-25-24-30-16-11-12-23-36(30)39(35)38(29-14-5-2-6-15-29)27-37(28)31-17-13-22-34(26-31)41(40,32-18-7-3-8-19-32)33-20-9-4-10-21-33/h2-27,37H,1H2. The van der Waals surface area contributed by atoms with Crippen LogP contribution in [0.2, 0.25) is 0 Å². The molecule has 0 N–H and O–H groups in total. The van der Waals surface area contributed by atoms with Crippen LogP contribution in [0.1, 0.15) is 28.2 Å². The van der Waals surface area contributed by atoms with E-state index >= 15 is 4.57 Å². The Balaban J connectivity index is 1.43. The van der Waals surface area contributed by atoms with Crippen molar-refractivity contribution in [1.82, 2.24) is 0 Å². The zero-order valence-corrected chi connectivity index (χ0v) is 23.5. The van der Waals surface area contributed by atoms with Crippen molar-refractivity contribution in [2.75, 3.05) is 0 Å². The molecule has 0 aliphatic heterocycles. The maximum atomic E-state index is 15.1. The second kappa shape index (κ2) is 10.4. The Kier molecular flexibility index (Phi) is 6.38. The molecule has 1 nitrogen and oxygen atoms in total. The minimum atomic E-state index is -3.10. The second-order valence-corrected chi connectivity index (χ2v) is 13.3. The highest BCUT2D eigenvalue weighted by molar-refractivity contribution is 7.85. The van der Waals surface area contributed by atoms with E-state index in [4.69, 9.17) is 0 Å². The predicted molar refractivity (Wildman–Crippen MR) is 175 cm³/mol. The maximum absolute atomic E-state index is 15.1. The zero-order chi connectivity index (χ0) is 27.8. The van der Waals surface area contributed by atoms with Gasteiger partial charge in [-0.3, -0.25) is 0 Å². The first-order chi connectivity index (χ1) is 20.1. The number of benzene rings is 6.